The molecule has 1 N–H and O–H groups in total. The topological polar surface area (TPSA) is 55.8 Å². The van der Waals surface area contributed by atoms with E-state index in [1.807, 2.05) is 32.3 Å². The smallest absolute Gasteiger partial charge is 0.179 e. The number of halogens is 1. The van der Waals surface area contributed by atoms with Crippen LogP contribution in [0.1, 0.15) is 46.5 Å². The molecule has 0 aromatic heterocycles. The number of ketones is 1. The molecule has 5 rings (SSSR count). The third-order valence-corrected chi connectivity index (χ3v) is 10.4. The second-order valence-corrected chi connectivity index (χ2v) is 11.0. The van der Waals surface area contributed by atoms with Gasteiger partial charge in [0.1, 0.15) is 11.0 Å². The number of aliphatic hydroxyl groups excluding tert-OH is 1. The van der Waals surface area contributed by atoms with Crippen LogP contribution in [0.25, 0.3) is 0 Å². The zero-order valence-corrected chi connectivity index (χ0v) is 18.9. The minimum absolute atomic E-state index is 0.0410. The fourth-order valence-corrected chi connectivity index (χ4v) is 8.83. The van der Waals surface area contributed by atoms with Crippen LogP contribution < -0.4 is 0 Å². The number of hydrogen-bond acceptors (Lipinski definition) is 5. The zero-order valence-electron chi connectivity index (χ0n) is 18.1. The Morgan fingerprint density at radius 3 is 2.80 bits per heavy atom. The summed E-state index contributed by atoms with van der Waals surface area (Å²) >= 11 is 1.64. The zero-order chi connectivity index (χ0) is 21.5. The largest absolute Gasteiger partial charge is 0.390 e. The maximum Gasteiger partial charge on any atom is 0.179 e. The van der Waals surface area contributed by atoms with Gasteiger partial charge in [-0.3, -0.25) is 4.79 Å². The summed E-state index contributed by atoms with van der Waals surface area (Å²) in [6.45, 7) is 5.95. The molecule has 0 spiro atoms. The first-order valence-corrected chi connectivity index (χ1v) is 12.2. The lowest BCUT2D eigenvalue weighted by Crippen LogP contribution is -2.68. The van der Waals surface area contributed by atoms with E-state index in [1.54, 1.807) is 23.9 Å². The molecule has 9 atom stereocenters. The van der Waals surface area contributed by atoms with Gasteiger partial charge >= 0.3 is 0 Å². The summed E-state index contributed by atoms with van der Waals surface area (Å²) in [5.41, 5.74) is -2.35. The molecule has 1 saturated heterocycles. The Morgan fingerprint density at radius 1 is 1.33 bits per heavy atom. The summed E-state index contributed by atoms with van der Waals surface area (Å²) < 4.78 is 29.9. The van der Waals surface area contributed by atoms with Crippen molar-refractivity contribution in [2.75, 3.05) is 6.26 Å². The van der Waals surface area contributed by atoms with Crippen LogP contribution in [0.2, 0.25) is 0 Å². The average molecular weight is 435 g/mol. The summed E-state index contributed by atoms with van der Waals surface area (Å²) in [6, 6.07) is 0. The highest BCUT2D eigenvalue weighted by Crippen LogP contribution is 2.73. The molecule has 1 aliphatic heterocycles. The van der Waals surface area contributed by atoms with E-state index in [2.05, 4.69) is 6.92 Å². The molecule has 0 aromatic carbocycles. The van der Waals surface area contributed by atoms with Crippen LogP contribution >= 0.6 is 11.8 Å². The van der Waals surface area contributed by atoms with Gasteiger partial charge in [-0.25, -0.2) is 4.39 Å². The lowest BCUT2D eigenvalue weighted by atomic mass is 9.45. The number of allylic oxidation sites excluding steroid dienone is 5. The van der Waals surface area contributed by atoms with E-state index in [4.69, 9.17) is 9.47 Å². The maximum absolute atomic E-state index is 17.1. The number of carbonyl (C=O) groups is 1. The number of ether oxygens (including phenoxy) is 2. The van der Waals surface area contributed by atoms with E-state index < -0.39 is 33.8 Å². The van der Waals surface area contributed by atoms with Crippen molar-refractivity contribution in [1.82, 2.24) is 0 Å². The summed E-state index contributed by atoms with van der Waals surface area (Å²) in [7, 11) is 0. The molecular formula is C24H31FO4S. The van der Waals surface area contributed by atoms with Gasteiger partial charge in [-0.15, -0.1) is 11.8 Å². The Hall–Kier alpha value is -0.950. The van der Waals surface area contributed by atoms with E-state index in [0.29, 0.717) is 19.3 Å². The van der Waals surface area contributed by atoms with Crippen LogP contribution in [-0.2, 0) is 14.3 Å². The number of fused-ring (bicyclic) bond motifs is 7. The van der Waals surface area contributed by atoms with Crippen molar-refractivity contribution in [3.8, 4) is 0 Å². The molecule has 3 saturated carbocycles. The molecule has 4 fully saturated rings. The van der Waals surface area contributed by atoms with Crippen molar-refractivity contribution in [1.29, 1.82) is 0 Å². The summed E-state index contributed by atoms with van der Waals surface area (Å²) in [5.74, 6) is -0.360. The van der Waals surface area contributed by atoms with Crippen molar-refractivity contribution >= 4 is 17.5 Å². The van der Waals surface area contributed by atoms with Crippen molar-refractivity contribution in [3.05, 3.63) is 36.0 Å². The molecule has 0 amide bonds. The van der Waals surface area contributed by atoms with Gasteiger partial charge in [0.2, 0.25) is 0 Å². The Morgan fingerprint density at radius 2 is 2.10 bits per heavy atom. The Kier molecular flexibility index (Phi) is 4.56. The second-order valence-electron chi connectivity index (χ2n) is 10.0. The molecule has 1 heterocycles. The normalized spacial score (nSPS) is 54.5. The maximum atomic E-state index is 17.1. The third kappa shape index (κ3) is 2.26. The second kappa shape index (κ2) is 6.53. The predicted molar refractivity (Wildman–Crippen MR) is 115 cm³/mol. The van der Waals surface area contributed by atoms with Crippen LogP contribution in [0.4, 0.5) is 4.39 Å². The number of carbonyl (C=O) groups excluding carboxylic acids is 1. The van der Waals surface area contributed by atoms with E-state index in [-0.39, 0.29) is 23.7 Å². The predicted octanol–water partition coefficient (Wildman–Crippen LogP) is 4.34. The lowest BCUT2D eigenvalue weighted by molar-refractivity contribution is -0.213. The first-order valence-electron chi connectivity index (χ1n) is 11.0. The minimum atomic E-state index is -1.81. The Labute approximate surface area is 182 Å². The molecule has 0 radical (unpaired) electrons. The standard InChI is InChI=1S/C24H31FO4S/c1-5-6-20-28-19-12-17-16-8-7-14-11-15(26)9-10-21(14,2)23(16,25)18(27)13-22(17,3)24(19,29-20)30-4/h5-6,9-11,16-20,27H,7-8,12-13H2,1-4H3/b6-5+/t16-,17-,18-,19+,20+,21-,22-,23-,24-/m0/s1. The fourth-order valence-electron chi connectivity index (χ4n) is 7.52. The quantitative estimate of drug-likeness (QED) is 0.655. The average Bonchev–Trinajstić information content (AvgIpc) is 3.16. The van der Waals surface area contributed by atoms with Crippen LogP contribution in [0.15, 0.2) is 36.0 Å². The first-order chi connectivity index (χ1) is 14.2. The molecule has 4 nitrogen and oxygen atoms in total. The molecule has 30 heavy (non-hydrogen) atoms. The van der Waals surface area contributed by atoms with Crippen molar-refractivity contribution < 1.29 is 23.8 Å². The van der Waals surface area contributed by atoms with E-state index in [1.165, 1.54) is 6.08 Å². The summed E-state index contributed by atoms with van der Waals surface area (Å²) in [5, 5.41) is 11.4. The highest BCUT2D eigenvalue weighted by atomic mass is 32.2. The van der Waals surface area contributed by atoms with E-state index in [0.717, 1.165) is 12.0 Å². The SMILES string of the molecule is C/C=C/[C@@H]1O[C@@H]2C[C@H]3[C@@H]4CCC5=CC(=O)C=C[C@]5(C)[C@@]4(F)[C@@H](O)C[C@]3(C)[C@]2(SC)O1. The van der Waals surface area contributed by atoms with E-state index in [9.17, 15) is 9.90 Å². The highest BCUT2D eigenvalue weighted by Gasteiger charge is 2.77. The summed E-state index contributed by atoms with van der Waals surface area (Å²) in [6.07, 6.45) is 11.3. The molecule has 164 valence electrons. The van der Waals surface area contributed by atoms with Gasteiger partial charge in [-0.2, -0.15) is 0 Å². The number of aliphatic hydroxyl groups is 1. The number of rotatable bonds is 2. The Bertz CT molecular complexity index is 869. The number of thioether (sulfide) groups is 1. The number of alkyl halides is 1. The van der Waals surface area contributed by atoms with Gasteiger partial charge in [0.25, 0.3) is 0 Å². The van der Waals surface area contributed by atoms with Crippen molar-refractivity contribution in [2.45, 2.75) is 75.6 Å². The van der Waals surface area contributed by atoms with Gasteiger partial charge in [0, 0.05) is 16.7 Å². The van der Waals surface area contributed by atoms with Crippen LogP contribution in [0.5, 0.6) is 0 Å². The molecule has 0 bridgehead atoms. The van der Waals surface area contributed by atoms with Crippen molar-refractivity contribution in [2.24, 2.45) is 22.7 Å². The Balaban J connectivity index is 1.58. The van der Waals surface area contributed by atoms with Gasteiger partial charge < -0.3 is 14.6 Å². The third-order valence-electron chi connectivity index (χ3n) is 8.96. The molecule has 0 unspecified atom stereocenters. The molecule has 5 aliphatic rings. The van der Waals surface area contributed by atoms with Crippen LogP contribution in [-0.4, -0.2) is 46.2 Å². The number of hydrogen-bond donors (Lipinski definition) is 1. The molecule has 0 aromatic rings. The molecule has 6 heteroatoms. The molecular weight excluding hydrogens is 403 g/mol. The first kappa shape index (κ1) is 20.9. The van der Waals surface area contributed by atoms with Gasteiger partial charge in [-0.05, 0) is 69.9 Å². The van der Waals surface area contributed by atoms with Gasteiger partial charge in [0.15, 0.2) is 17.7 Å². The van der Waals surface area contributed by atoms with Crippen molar-refractivity contribution in [3.63, 3.8) is 0 Å². The van der Waals surface area contributed by atoms with E-state index >= 15 is 4.39 Å². The fraction of sp³-hybridized carbons (Fsp3) is 0.708. The molecule has 4 aliphatic carbocycles. The highest BCUT2D eigenvalue weighted by molar-refractivity contribution is 7.99. The lowest BCUT2D eigenvalue weighted by Gasteiger charge is -2.62. The van der Waals surface area contributed by atoms with Crippen LogP contribution in [0, 0.1) is 22.7 Å². The summed E-state index contributed by atoms with van der Waals surface area (Å²) in [4.78, 5) is 11.3. The minimum Gasteiger partial charge on any atom is -0.390 e. The monoisotopic (exact) mass is 434 g/mol. The van der Waals surface area contributed by atoms with Crippen LogP contribution in [0.3, 0.4) is 0 Å². The van der Waals surface area contributed by atoms with Gasteiger partial charge in [0.05, 0.1) is 6.10 Å². The van der Waals surface area contributed by atoms with Gasteiger partial charge in [-0.1, -0.05) is 24.6 Å².